The lowest BCUT2D eigenvalue weighted by atomic mass is 9.90. The van der Waals surface area contributed by atoms with E-state index in [9.17, 15) is 24.6 Å². The first-order valence-electron chi connectivity index (χ1n) is 6.54. The fourth-order valence-corrected chi connectivity index (χ4v) is 2.01. The Balaban J connectivity index is 2.92. The molecule has 0 aromatic rings. The Morgan fingerprint density at radius 3 is 2.59 bits per heavy atom. The average molecular weight is 317 g/mol. The van der Waals surface area contributed by atoms with E-state index in [0.717, 1.165) is 0 Å². The van der Waals surface area contributed by atoms with Crippen molar-refractivity contribution in [2.75, 3.05) is 6.61 Å². The molecular formula is C13H19NO8. The number of cyclic esters (lactones) is 1. The van der Waals surface area contributed by atoms with E-state index in [1.807, 2.05) is 0 Å². The molecule has 1 amide bonds. The minimum Gasteiger partial charge on any atom is -0.453 e. The van der Waals surface area contributed by atoms with Crippen LogP contribution in [-0.2, 0) is 23.8 Å². The molecule has 124 valence electrons. The van der Waals surface area contributed by atoms with Gasteiger partial charge in [-0.3, -0.25) is 0 Å². The molecule has 4 atom stereocenters. The van der Waals surface area contributed by atoms with Gasteiger partial charge >= 0.3 is 18.0 Å². The summed E-state index contributed by atoms with van der Waals surface area (Å²) in [7, 11) is 0. The van der Waals surface area contributed by atoms with E-state index < -0.39 is 48.6 Å². The van der Waals surface area contributed by atoms with Crippen LogP contribution in [0.3, 0.4) is 0 Å². The van der Waals surface area contributed by atoms with Crippen LogP contribution in [0, 0.1) is 0 Å². The summed E-state index contributed by atoms with van der Waals surface area (Å²) in [6.45, 7) is 5.69. The van der Waals surface area contributed by atoms with Crippen molar-refractivity contribution in [3.63, 3.8) is 0 Å². The summed E-state index contributed by atoms with van der Waals surface area (Å²) >= 11 is 0. The molecule has 0 aromatic carbocycles. The number of esters is 2. The number of nitrogens with two attached hydrogens (primary N) is 1. The van der Waals surface area contributed by atoms with Crippen LogP contribution in [0.4, 0.5) is 4.79 Å². The van der Waals surface area contributed by atoms with Crippen LogP contribution >= 0.6 is 0 Å². The van der Waals surface area contributed by atoms with Crippen LogP contribution < -0.4 is 5.73 Å². The Hall–Kier alpha value is -2.13. The summed E-state index contributed by atoms with van der Waals surface area (Å²) in [6, 6.07) is 0. The van der Waals surface area contributed by atoms with Crippen LogP contribution in [0.15, 0.2) is 12.2 Å². The fourth-order valence-electron chi connectivity index (χ4n) is 2.01. The molecule has 0 radical (unpaired) electrons. The fraction of sp³-hybridized carbons (Fsp3) is 0.615. The molecule has 0 aromatic heterocycles. The SMILES string of the molecule is C=C(C)C(=O)O[C@@]1(CC)C(=O)O[C@H]([C@H](O)COC(N)=O)[C@@H]1O. The summed E-state index contributed by atoms with van der Waals surface area (Å²) < 4.78 is 14.3. The third-order valence-electron chi connectivity index (χ3n) is 3.30. The molecular weight excluding hydrogens is 298 g/mol. The van der Waals surface area contributed by atoms with E-state index in [1.165, 1.54) is 13.8 Å². The summed E-state index contributed by atoms with van der Waals surface area (Å²) in [5.41, 5.74) is 2.84. The van der Waals surface area contributed by atoms with Crippen molar-refractivity contribution in [2.45, 2.75) is 44.2 Å². The predicted molar refractivity (Wildman–Crippen MR) is 71.4 cm³/mol. The van der Waals surface area contributed by atoms with Gasteiger partial charge in [-0.1, -0.05) is 13.5 Å². The molecule has 0 aliphatic carbocycles. The number of rotatable bonds is 6. The second-order valence-corrected chi connectivity index (χ2v) is 4.93. The highest BCUT2D eigenvalue weighted by Gasteiger charge is 2.61. The molecule has 1 aliphatic rings. The van der Waals surface area contributed by atoms with Crippen LogP contribution in [0.25, 0.3) is 0 Å². The number of carbonyl (C=O) groups excluding carboxylic acids is 3. The van der Waals surface area contributed by atoms with Gasteiger partial charge in [0, 0.05) is 5.57 Å². The Labute approximate surface area is 126 Å². The highest BCUT2D eigenvalue weighted by molar-refractivity contribution is 5.92. The molecule has 1 aliphatic heterocycles. The Kier molecular flexibility index (Phi) is 5.50. The molecule has 0 bridgehead atoms. The van der Waals surface area contributed by atoms with Gasteiger partial charge in [-0.25, -0.2) is 14.4 Å². The van der Waals surface area contributed by atoms with Crippen molar-refractivity contribution in [3.05, 3.63) is 12.2 Å². The van der Waals surface area contributed by atoms with Crippen LogP contribution in [0.5, 0.6) is 0 Å². The number of hydrogen-bond acceptors (Lipinski definition) is 8. The lowest BCUT2D eigenvalue weighted by molar-refractivity contribution is -0.176. The lowest BCUT2D eigenvalue weighted by Crippen LogP contribution is -2.52. The van der Waals surface area contributed by atoms with Crippen molar-refractivity contribution in [1.82, 2.24) is 0 Å². The second-order valence-electron chi connectivity index (χ2n) is 4.93. The van der Waals surface area contributed by atoms with Crippen LogP contribution in [-0.4, -0.2) is 58.8 Å². The van der Waals surface area contributed by atoms with E-state index in [0.29, 0.717) is 0 Å². The van der Waals surface area contributed by atoms with Crippen LogP contribution in [0.1, 0.15) is 20.3 Å². The molecule has 22 heavy (non-hydrogen) atoms. The number of aliphatic hydroxyl groups excluding tert-OH is 2. The summed E-state index contributed by atoms with van der Waals surface area (Å²) in [6.07, 6.45) is -5.80. The van der Waals surface area contributed by atoms with Gasteiger partial charge in [-0.05, 0) is 13.3 Å². The van der Waals surface area contributed by atoms with E-state index in [1.54, 1.807) is 0 Å². The molecule has 0 saturated carbocycles. The van der Waals surface area contributed by atoms with E-state index in [4.69, 9.17) is 15.2 Å². The largest absolute Gasteiger partial charge is 0.453 e. The van der Waals surface area contributed by atoms with Gasteiger partial charge < -0.3 is 30.2 Å². The zero-order chi connectivity index (χ0) is 17.1. The summed E-state index contributed by atoms with van der Waals surface area (Å²) in [4.78, 5) is 34.2. The standard InChI is InChI=1S/C13H19NO8/c1-4-13(22-10(17)6(2)3)9(16)8(21-11(13)18)7(15)5-20-12(14)19/h7-9,15-16H,2,4-5H2,1,3H3,(H2,14,19)/t7-,8-,9+,13-/m1/s1. The molecule has 1 heterocycles. The topological polar surface area (TPSA) is 145 Å². The van der Waals surface area contributed by atoms with Crippen LogP contribution in [0.2, 0.25) is 0 Å². The van der Waals surface area contributed by atoms with Gasteiger partial charge in [0.15, 0.2) is 6.10 Å². The number of carbonyl (C=O) groups is 3. The first-order chi connectivity index (χ1) is 10.2. The second kappa shape index (κ2) is 6.75. The number of ether oxygens (including phenoxy) is 3. The van der Waals surface area contributed by atoms with E-state index in [2.05, 4.69) is 11.3 Å². The molecule has 1 saturated heterocycles. The third kappa shape index (κ3) is 3.37. The van der Waals surface area contributed by atoms with Crippen molar-refractivity contribution in [3.8, 4) is 0 Å². The Morgan fingerprint density at radius 1 is 1.55 bits per heavy atom. The van der Waals surface area contributed by atoms with E-state index in [-0.39, 0.29) is 12.0 Å². The Morgan fingerprint density at radius 2 is 2.14 bits per heavy atom. The normalized spacial score (nSPS) is 28.6. The van der Waals surface area contributed by atoms with Crippen molar-refractivity contribution < 1.29 is 38.8 Å². The van der Waals surface area contributed by atoms with Crippen molar-refractivity contribution in [2.24, 2.45) is 5.73 Å². The van der Waals surface area contributed by atoms with Gasteiger partial charge in [0.05, 0.1) is 0 Å². The summed E-state index contributed by atoms with van der Waals surface area (Å²) in [5, 5.41) is 20.1. The van der Waals surface area contributed by atoms with Crippen molar-refractivity contribution >= 4 is 18.0 Å². The van der Waals surface area contributed by atoms with Gasteiger partial charge in [-0.2, -0.15) is 0 Å². The predicted octanol–water partition coefficient (Wildman–Crippen LogP) is -1.00. The molecule has 0 spiro atoms. The lowest BCUT2D eigenvalue weighted by Gasteiger charge is -2.28. The molecule has 1 rings (SSSR count). The van der Waals surface area contributed by atoms with Gasteiger partial charge in [-0.15, -0.1) is 0 Å². The zero-order valence-corrected chi connectivity index (χ0v) is 12.3. The zero-order valence-electron chi connectivity index (χ0n) is 12.3. The average Bonchev–Trinajstić information content (AvgIpc) is 2.69. The number of primary amides is 1. The quantitative estimate of drug-likeness (QED) is 0.321. The molecule has 0 unspecified atom stereocenters. The first-order valence-corrected chi connectivity index (χ1v) is 6.54. The van der Waals surface area contributed by atoms with Gasteiger partial charge in [0.25, 0.3) is 0 Å². The highest BCUT2D eigenvalue weighted by Crippen LogP contribution is 2.35. The first kappa shape index (κ1) is 17.9. The maximum Gasteiger partial charge on any atom is 0.404 e. The minimum absolute atomic E-state index is 0.0360. The molecule has 9 heteroatoms. The molecule has 1 fully saturated rings. The van der Waals surface area contributed by atoms with Crippen molar-refractivity contribution in [1.29, 1.82) is 0 Å². The maximum absolute atomic E-state index is 12.0. The maximum atomic E-state index is 12.0. The minimum atomic E-state index is -1.95. The number of aliphatic hydroxyl groups is 2. The molecule has 4 N–H and O–H groups in total. The highest BCUT2D eigenvalue weighted by atomic mass is 16.6. The number of amides is 1. The monoisotopic (exact) mass is 317 g/mol. The van der Waals surface area contributed by atoms with Gasteiger partial charge in [0.1, 0.15) is 18.8 Å². The third-order valence-corrected chi connectivity index (χ3v) is 3.30. The smallest absolute Gasteiger partial charge is 0.404 e. The van der Waals surface area contributed by atoms with E-state index >= 15 is 0 Å². The number of hydrogen-bond donors (Lipinski definition) is 3. The summed E-state index contributed by atoms with van der Waals surface area (Å²) in [5.74, 6) is -1.87. The Bertz CT molecular complexity index is 490. The van der Waals surface area contributed by atoms with Gasteiger partial charge in [0.2, 0.25) is 5.60 Å². The molecule has 9 nitrogen and oxygen atoms in total.